The van der Waals surface area contributed by atoms with E-state index in [1.165, 1.54) is 5.56 Å². The van der Waals surface area contributed by atoms with Crippen molar-refractivity contribution in [2.75, 3.05) is 13.1 Å². The number of nitriles is 1. The Hall–Kier alpha value is -1.33. The van der Waals surface area contributed by atoms with Crippen molar-refractivity contribution >= 4 is 0 Å². The second-order valence-corrected chi connectivity index (χ2v) is 4.82. The Kier molecular flexibility index (Phi) is 1.83. The Morgan fingerprint density at radius 3 is 2.87 bits per heavy atom. The lowest BCUT2D eigenvalue weighted by Crippen LogP contribution is -2.24. The van der Waals surface area contributed by atoms with Crippen molar-refractivity contribution in [3.63, 3.8) is 0 Å². The van der Waals surface area contributed by atoms with E-state index in [4.69, 9.17) is 5.26 Å². The summed E-state index contributed by atoms with van der Waals surface area (Å²) < 4.78 is 0. The largest absolute Gasteiger partial charge is 0.297 e. The summed E-state index contributed by atoms with van der Waals surface area (Å²) in [5, 5.41) is 9.07. The fraction of sp³-hybridized carbons (Fsp3) is 0.462. The second kappa shape index (κ2) is 3.08. The van der Waals surface area contributed by atoms with Gasteiger partial charge in [0, 0.05) is 19.6 Å². The van der Waals surface area contributed by atoms with E-state index in [0.29, 0.717) is 5.92 Å². The Morgan fingerprint density at radius 2 is 2.20 bits per heavy atom. The smallest absolute Gasteiger partial charge is 0.0745 e. The van der Waals surface area contributed by atoms with Crippen molar-refractivity contribution in [2.45, 2.75) is 13.0 Å². The summed E-state index contributed by atoms with van der Waals surface area (Å²) in [6, 6.07) is 13.0. The molecule has 1 aliphatic heterocycles. The van der Waals surface area contributed by atoms with E-state index in [0.717, 1.165) is 26.1 Å². The van der Waals surface area contributed by atoms with Gasteiger partial charge >= 0.3 is 0 Å². The quantitative estimate of drug-likeness (QED) is 0.727. The van der Waals surface area contributed by atoms with E-state index in [-0.39, 0.29) is 5.41 Å². The van der Waals surface area contributed by atoms with Gasteiger partial charge in [0.2, 0.25) is 0 Å². The zero-order chi connectivity index (χ0) is 10.3. The summed E-state index contributed by atoms with van der Waals surface area (Å²) in [4.78, 5) is 2.41. The van der Waals surface area contributed by atoms with Crippen LogP contribution in [0.3, 0.4) is 0 Å². The molecule has 1 aliphatic carbocycles. The molecular formula is C13H14N2. The molecule has 1 heterocycles. The third-order valence-electron chi connectivity index (χ3n) is 3.69. The number of benzene rings is 1. The van der Waals surface area contributed by atoms with Crippen LogP contribution in [0.1, 0.15) is 12.0 Å². The first-order valence-corrected chi connectivity index (χ1v) is 5.50. The van der Waals surface area contributed by atoms with Gasteiger partial charge in [0.25, 0.3) is 0 Å². The van der Waals surface area contributed by atoms with Crippen LogP contribution < -0.4 is 0 Å². The first-order valence-electron chi connectivity index (χ1n) is 5.50. The van der Waals surface area contributed by atoms with Gasteiger partial charge in [-0.15, -0.1) is 0 Å². The minimum absolute atomic E-state index is 0.0365. The molecule has 0 amide bonds. The van der Waals surface area contributed by atoms with E-state index in [1.54, 1.807) is 0 Å². The van der Waals surface area contributed by atoms with Crippen molar-refractivity contribution < 1.29 is 0 Å². The van der Waals surface area contributed by atoms with E-state index in [9.17, 15) is 0 Å². The standard InChI is InChI=1S/C13H14N2/c14-9-13-6-12(13)8-15(10-13)7-11-4-2-1-3-5-11/h1-5,12H,6-8,10H2/t12-,13+/m1/s1. The van der Waals surface area contributed by atoms with Crippen molar-refractivity contribution in [1.29, 1.82) is 5.26 Å². The second-order valence-electron chi connectivity index (χ2n) is 4.82. The van der Waals surface area contributed by atoms with Gasteiger partial charge in [-0.3, -0.25) is 4.90 Å². The third-order valence-corrected chi connectivity index (χ3v) is 3.69. The van der Waals surface area contributed by atoms with Crippen molar-refractivity contribution in [2.24, 2.45) is 11.3 Å². The number of likely N-dealkylation sites (tertiary alicyclic amines) is 1. The zero-order valence-electron chi connectivity index (χ0n) is 8.69. The number of fused-ring (bicyclic) bond motifs is 1. The minimum atomic E-state index is 0.0365. The summed E-state index contributed by atoms with van der Waals surface area (Å²) >= 11 is 0. The molecule has 15 heavy (non-hydrogen) atoms. The van der Waals surface area contributed by atoms with E-state index in [2.05, 4.69) is 35.2 Å². The molecule has 1 saturated heterocycles. The fourth-order valence-electron chi connectivity index (χ4n) is 2.72. The maximum absolute atomic E-state index is 9.07. The van der Waals surface area contributed by atoms with Crippen LogP contribution in [-0.4, -0.2) is 18.0 Å². The van der Waals surface area contributed by atoms with Gasteiger partial charge in [-0.05, 0) is 17.9 Å². The van der Waals surface area contributed by atoms with Crippen LogP contribution in [0.15, 0.2) is 30.3 Å². The lowest BCUT2D eigenvalue weighted by Gasteiger charge is -2.18. The van der Waals surface area contributed by atoms with Gasteiger partial charge in [-0.2, -0.15) is 5.26 Å². The first-order chi connectivity index (χ1) is 7.32. The summed E-state index contributed by atoms with van der Waals surface area (Å²) in [6.07, 6.45) is 1.13. The molecule has 0 bridgehead atoms. The van der Waals surface area contributed by atoms with Crippen molar-refractivity contribution in [1.82, 2.24) is 4.90 Å². The molecule has 1 aromatic carbocycles. The van der Waals surface area contributed by atoms with Gasteiger partial charge in [-0.25, -0.2) is 0 Å². The van der Waals surface area contributed by atoms with Crippen LogP contribution in [0.5, 0.6) is 0 Å². The monoisotopic (exact) mass is 198 g/mol. The van der Waals surface area contributed by atoms with Gasteiger partial charge in [-0.1, -0.05) is 30.3 Å². The molecule has 2 aliphatic rings. The third kappa shape index (κ3) is 1.44. The number of hydrogen-bond donors (Lipinski definition) is 0. The van der Waals surface area contributed by atoms with Crippen LogP contribution in [0.4, 0.5) is 0 Å². The zero-order valence-corrected chi connectivity index (χ0v) is 8.69. The lowest BCUT2D eigenvalue weighted by atomic mass is 10.1. The molecule has 0 unspecified atom stereocenters. The molecule has 1 saturated carbocycles. The first kappa shape index (κ1) is 8.94. The minimum Gasteiger partial charge on any atom is -0.297 e. The normalized spacial score (nSPS) is 33.4. The molecule has 2 atom stereocenters. The van der Waals surface area contributed by atoms with Crippen molar-refractivity contribution in [3.05, 3.63) is 35.9 Å². The number of piperidine rings is 1. The molecule has 76 valence electrons. The fourth-order valence-corrected chi connectivity index (χ4v) is 2.72. The van der Waals surface area contributed by atoms with E-state index >= 15 is 0 Å². The molecule has 0 radical (unpaired) electrons. The maximum atomic E-state index is 9.07. The Balaban J connectivity index is 1.66. The molecule has 0 spiro atoms. The van der Waals surface area contributed by atoms with Gasteiger partial charge in [0.15, 0.2) is 0 Å². The summed E-state index contributed by atoms with van der Waals surface area (Å²) in [7, 11) is 0. The highest BCUT2D eigenvalue weighted by Crippen LogP contribution is 2.57. The summed E-state index contributed by atoms with van der Waals surface area (Å²) in [5.41, 5.74) is 1.39. The lowest BCUT2D eigenvalue weighted by molar-refractivity contribution is 0.287. The number of hydrogen-bond acceptors (Lipinski definition) is 2. The highest BCUT2D eigenvalue weighted by molar-refractivity contribution is 5.23. The average Bonchev–Trinajstić information content (AvgIpc) is 2.84. The maximum Gasteiger partial charge on any atom is 0.0745 e. The molecule has 2 nitrogen and oxygen atoms in total. The Bertz CT molecular complexity index is 406. The topological polar surface area (TPSA) is 27.0 Å². The van der Waals surface area contributed by atoms with Crippen LogP contribution in [-0.2, 0) is 6.54 Å². The number of nitrogens with zero attached hydrogens (tertiary/aromatic N) is 2. The van der Waals surface area contributed by atoms with E-state index < -0.39 is 0 Å². The molecule has 1 aromatic rings. The molecule has 2 fully saturated rings. The SMILES string of the molecule is N#C[C@]12C[C@@H]1CN(Cc1ccccc1)C2. The molecule has 0 aromatic heterocycles. The molecular weight excluding hydrogens is 184 g/mol. The van der Waals surface area contributed by atoms with Crippen LogP contribution in [0, 0.1) is 22.7 Å². The van der Waals surface area contributed by atoms with Crippen molar-refractivity contribution in [3.8, 4) is 6.07 Å². The Labute approximate surface area is 90.1 Å². The Morgan fingerprint density at radius 1 is 1.40 bits per heavy atom. The summed E-state index contributed by atoms with van der Waals surface area (Å²) in [5.74, 6) is 0.659. The van der Waals surface area contributed by atoms with Crippen LogP contribution >= 0.6 is 0 Å². The summed E-state index contributed by atoms with van der Waals surface area (Å²) in [6.45, 7) is 3.09. The van der Waals surface area contributed by atoms with E-state index in [1.807, 2.05) is 6.07 Å². The molecule has 3 rings (SSSR count). The number of rotatable bonds is 2. The van der Waals surface area contributed by atoms with Gasteiger partial charge in [0.05, 0.1) is 11.5 Å². The van der Waals surface area contributed by atoms with Crippen LogP contribution in [0.25, 0.3) is 0 Å². The molecule has 0 N–H and O–H groups in total. The molecule has 2 heteroatoms. The van der Waals surface area contributed by atoms with Crippen LogP contribution in [0.2, 0.25) is 0 Å². The predicted molar refractivity (Wildman–Crippen MR) is 57.9 cm³/mol. The van der Waals surface area contributed by atoms with Gasteiger partial charge in [0.1, 0.15) is 0 Å². The van der Waals surface area contributed by atoms with Gasteiger partial charge < -0.3 is 0 Å². The highest BCUT2D eigenvalue weighted by Gasteiger charge is 2.60. The average molecular weight is 198 g/mol. The predicted octanol–water partition coefficient (Wildman–Crippen LogP) is 2.03. The highest BCUT2D eigenvalue weighted by atomic mass is 15.2.